The molecule has 0 atom stereocenters. The van der Waals surface area contributed by atoms with E-state index in [9.17, 15) is 4.79 Å². The second-order valence-corrected chi connectivity index (χ2v) is 6.04. The van der Waals surface area contributed by atoms with Crippen LogP contribution in [0.1, 0.15) is 23.2 Å². The lowest BCUT2D eigenvalue weighted by molar-refractivity contribution is 0.0659. The van der Waals surface area contributed by atoms with Crippen molar-refractivity contribution in [2.24, 2.45) is 0 Å². The fourth-order valence-electron chi connectivity index (χ4n) is 2.42. The fraction of sp³-hybridized carbons (Fsp3) is 0.500. The van der Waals surface area contributed by atoms with Crippen LogP contribution in [-0.4, -0.2) is 48.9 Å². The highest BCUT2D eigenvalue weighted by molar-refractivity contribution is 7.80. The number of halogens is 1. The van der Waals surface area contributed by atoms with Gasteiger partial charge in [0, 0.05) is 18.0 Å². The summed E-state index contributed by atoms with van der Waals surface area (Å²) in [5.74, 6) is -0.0181. The Morgan fingerprint density at radius 1 is 1.42 bits per heavy atom. The molecule has 0 bridgehead atoms. The van der Waals surface area contributed by atoms with Crippen LogP contribution < -0.4 is 0 Å². The van der Waals surface area contributed by atoms with E-state index in [1.807, 2.05) is 11.9 Å². The zero-order chi connectivity index (χ0) is 14.0. The maximum Gasteiger partial charge on any atom is 0.255 e. The Balaban J connectivity index is 2.12. The quantitative estimate of drug-likeness (QED) is 0.849. The van der Waals surface area contributed by atoms with Crippen molar-refractivity contribution in [3.63, 3.8) is 0 Å². The van der Waals surface area contributed by atoms with E-state index >= 15 is 0 Å². The molecule has 0 aromatic heterocycles. The van der Waals surface area contributed by atoms with Crippen LogP contribution in [0.15, 0.2) is 23.1 Å². The number of likely N-dealkylation sites (tertiary alicyclic amines) is 1. The Labute approximate surface area is 124 Å². The number of rotatable bonds is 2. The number of thiol groups is 1. The Morgan fingerprint density at radius 3 is 2.68 bits per heavy atom. The van der Waals surface area contributed by atoms with Crippen molar-refractivity contribution in [2.75, 3.05) is 27.2 Å². The predicted octanol–water partition coefficient (Wildman–Crippen LogP) is 2.79. The first-order chi connectivity index (χ1) is 8.99. The van der Waals surface area contributed by atoms with Gasteiger partial charge in [-0.1, -0.05) is 11.6 Å². The minimum Gasteiger partial charge on any atom is -0.339 e. The summed E-state index contributed by atoms with van der Waals surface area (Å²) in [7, 11) is 3.97. The van der Waals surface area contributed by atoms with Crippen molar-refractivity contribution in [3.05, 3.63) is 28.8 Å². The van der Waals surface area contributed by atoms with E-state index in [-0.39, 0.29) is 5.91 Å². The van der Waals surface area contributed by atoms with E-state index in [1.54, 1.807) is 18.2 Å². The standard InChI is InChI=1S/C14H19ClN2OS/c1-16-7-5-10(6-8-16)17(2)14(18)12-9-11(19)3-4-13(12)15/h3-4,9-10,19H,5-8H2,1-2H3. The molecule has 1 aromatic carbocycles. The van der Waals surface area contributed by atoms with Gasteiger partial charge in [0.25, 0.3) is 5.91 Å². The average Bonchev–Trinajstić information content (AvgIpc) is 2.41. The highest BCUT2D eigenvalue weighted by Gasteiger charge is 2.25. The molecule has 3 nitrogen and oxygen atoms in total. The van der Waals surface area contributed by atoms with Crippen molar-refractivity contribution < 1.29 is 4.79 Å². The molecule has 1 heterocycles. The lowest BCUT2D eigenvalue weighted by atomic mass is 10.0. The van der Waals surface area contributed by atoms with Gasteiger partial charge in [0.05, 0.1) is 10.6 Å². The van der Waals surface area contributed by atoms with Crippen LogP contribution in [0.25, 0.3) is 0 Å². The molecule has 0 N–H and O–H groups in total. The maximum atomic E-state index is 12.5. The van der Waals surface area contributed by atoms with E-state index in [4.69, 9.17) is 11.6 Å². The Morgan fingerprint density at radius 2 is 2.05 bits per heavy atom. The van der Waals surface area contributed by atoms with Crippen LogP contribution in [0.2, 0.25) is 5.02 Å². The van der Waals surface area contributed by atoms with Gasteiger partial charge in [-0.25, -0.2) is 0 Å². The van der Waals surface area contributed by atoms with Gasteiger partial charge >= 0.3 is 0 Å². The third kappa shape index (κ3) is 3.44. The number of hydrogen-bond acceptors (Lipinski definition) is 3. The highest BCUT2D eigenvalue weighted by atomic mass is 35.5. The van der Waals surface area contributed by atoms with Crippen LogP contribution in [0, 0.1) is 0 Å². The van der Waals surface area contributed by atoms with Gasteiger partial charge in [-0.05, 0) is 51.2 Å². The van der Waals surface area contributed by atoms with Gasteiger partial charge in [-0.2, -0.15) is 0 Å². The van der Waals surface area contributed by atoms with E-state index in [1.165, 1.54) is 0 Å². The third-order valence-corrected chi connectivity index (χ3v) is 4.34. The van der Waals surface area contributed by atoms with Gasteiger partial charge in [0.2, 0.25) is 0 Å². The molecule has 5 heteroatoms. The van der Waals surface area contributed by atoms with Crippen LogP contribution >= 0.6 is 24.2 Å². The summed E-state index contributed by atoms with van der Waals surface area (Å²) in [4.78, 5) is 17.4. The van der Waals surface area contributed by atoms with Gasteiger partial charge in [-0.15, -0.1) is 12.6 Å². The smallest absolute Gasteiger partial charge is 0.255 e. The van der Waals surface area contributed by atoms with Crippen molar-refractivity contribution >= 4 is 30.1 Å². The molecule has 1 aliphatic heterocycles. The van der Waals surface area contributed by atoms with Gasteiger partial charge in [0.1, 0.15) is 0 Å². The molecule has 1 saturated heterocycles. The molecule has 2 rings (SSSR count). The molecule has 1 aromatic rings. The molecule has 104 valence electrons. The van der Waals surface area contributed by atoms with Crippen LogP contribution in [0.5, 0.6) is 0 Å². The largest absolute Gasteiger partial charge is 0.339 e. The molecule has 0 saturated carbocycles. The summed E-state index contributed by atoms with van der Waals surface area (Å²) in [6, 6.07) is 5.54. The predicted molar refractivity (Wildman–Crippen MR) is 81.3 cm³/mol. The summed E-state index contributed by atoms with van der Waals surface area (Å²) >= 11 is 10.4. The summed E-state index contributed by atoms with van der Waals surface area (Å²) in [6.45, 7) is 2.06. The highest BCUT2D eigenvalue weighted by Crippen LogP contribution is 2.23. The van der Waals surface area contributed by atoms with E-state index in [2.05, 4.69) is 24.6 Å². The lowest BCUT2D eigenvalue weighted by Crippen LogP contribution is -2.44. The summed E-state index contributed by atoms with van der Waals surface area (Å²) < 4.78 is 0. The molecule has 0 unspecified atom stereocenters. The van der Waals surface area contributed by atoms with Gasteiger partial charge < -0.3 is 9.80 Å². The van der Waals surface area contributed by atoms with Crippen molar-refractivity contribution in [2.45, 2.75) is 23.8 Å². The Kier molecular flexibility index (Phi) is 4.76. The second kappa shape index (κ2) is 6.16. The number of carbonyl (C=O) groups excluding carboxylic acids is 1. The van der Waals surface area contributed by atoms with Gasteiger partial charge in [0.15, 0.2) is 0 Å². The first-order valence-electron chi connectivity index (χ1n) is 6.43. The normalized spacial score (nSPS) is 17.5. The minimum absolute atomic E-state index is 0.0181. The monoisotopic (exact) mass is 298 g/mol. The van der Waals surface area contributed by atoms with E-state index in [0.717, 1.165) is 30.8 Å². The van der Waals surface area contributed by atoms with Crippen molar-refractivity contribution in [3.8, 4) is 0 Å². The molecule has 0 radical (unpaired) electrons. The van der Waals surface area contributed by atoms with Gasteiger partial charge in [-0.3, -0.25) is 4.79 Å². The molecule has 19 heavy (non-hydrogen) atoms. The van der Waals surface area contributed by atoms with Crippen molar-refractivity contribution in [1.29, 1.82) is 0 Å². The topological polar surface area (TPSA) is 23.6 Å². The van der Waals surface area contributed by atoms with Crippen LogP contribution in [0.3, 0.4) is 0 Å². The van der Waals surface area contributed by atoms with Crippen LogP contribution in [0.4, 0.5) is 0 Å². The Bertz CT molecular complexity index is 473. The number of hydrogen-bond donors (Lipinski definition) is 1. The average molecular weight is 299 g/mol. The first-order valence-corrected chi connectivity index (χ1v) is 7.26. The number of amides is 1. The van der Waals surface area contributed by atoms with E-state index in [0.29, 0.717) is 16.6 Å². The lowest BCUT2D eigenvalue weighted by Gasteiger charge is -2.35. The SMILES string of the molecule is CN1CCC(N(C)C(=O)c2cc(S)ccc2Cl)CC1. The summed E-state index contributed by atoms with van der Waals surface area (Å²) in [5.41, 5.74) is 0.538. The number of nitrogens with zero attached hydrogens (tertiary/aromatic N) is 2. The number of piperidine rings is 1. The maximum absolute atomic E-state index is 12.5. The second-order valence-electron chi connectivity index (χ2n) is 5.11. The molecule has 0 spiro atoms. The fourth-order valence-corrected chi connectivity index (χ4v) is 2.82. The van der Waals surface area contributed by atoms with E-state index < -0.39 is 0 Å². The van der Waals surface area contributed by atoms with Crippen molar-refractivity contribution in [1.82, 2.24) is 9.80 Å². The Hall–Kier alpha value is -0.710. The minimum atomic E-state index is -0.0181. The summed E-state index contributed by atoms with van der Waals surface area (Å²) in [5, 5.41) is 0.488. The molecule has 1 aliphatic rings. The number of benzene rings is 1. The number of carbonyl (C=O) groups is 1. The third-order valence-electron chi connectivity index (χ3n) is 3.74. The molecular formula is C14H19ClN2OS. The van der Waals surface area contributed by atoms with Crippen LogP contribution in [-0.2, 0) is 0 Å². The first kappa shape index (κ1) is 14.7. The zero-order valence-corrected chi connectivity index (χ0v) is 12.9. The summed E-state index contributed by atoms with van der Waals surface area (Å²) in [6.07, 6.45) is 2.02. The zero-order valence-electron chi connectivity index (χ0n) is 11.3. The molecule has 1 fully saturated rings. The molecular weight excluding hydrogens is 280 g/mol. The molecule has 0 aliphatic carbocycles. The molecule has 1 amide bonds.